The van der Waals surface area contributed by atoms with Gasteiger partial charge in [-0.25, -0.2) is 19.2 Å². The Bertz CT molecular complexity index is 626. The molecule has 2 aromatic heterocycles. The van der Waals surface area contributed by atoms with Gasteiger partial charge in [0, 0.05) is 12.7 Å². The summed E-state index contributed by atoms with van der Waals surface area (Å²) in [5.41, 5.74) is 0.673. The second kappa shape index (κ2) is 5.87. The van der Waals surface area contributed by atoms with Gasteiger partial charge in [-0.15, -0.1) is 0 Å². The molecule has 0 unspecified atom stereocenters. The molecule has 0 aliphatic heterocycles. The maximum atomic E-state index is 12.7. The minimum Gasteiger partial charge on any atom is -0.477 e. The molecule has 102 valence electrons. The van der Waals surface area contributed by atoms with E-state index in [2.05, 4.69) is 15.3 Å². The fourth-order valence-corrected chi connectivity index (χ4v) is 1.44. The minimum absolute atomic E-state index is 0.0692. The highest BCUT2D eigenvalue weighted by Crippen LogP contribution is 2.02. The van der Waals surface area contributed by atoms with Crippen LogP contribution in [0, 0.1) is 5.82 Å². The van der Waals surface area contributed by atoms with Gasteiger partial charge in [0.05, 0.1) is 6.20 Å². The third-order valence-electron chi connectivity index (χ3n) is 2.46. The van der Waals surface area contributed by atoms with E-state index < -0.39 is 17.7 Å². The third-order valence-corrected chi connectivity index (χ3v) is 2.46. The molecule has 0 saturated carbocycles. The van der Waals surface area contributed by atoms with Gasteiger partial charge in [-0.2, -0.15) is 0 Å². The molecule has 0 aliphatic rings. The fourth-order valence-electron chi connectivity index (χ4n) is 1.44. The van der Waals surface area contributed by atoms with Gasteiger partial charge in [-0.3, -0.25) is 4.79 Å². The van der Waals surface area contributed by atoms with E-state index in [0.717, 1.165) is 12.3 Å². The number of pyridine rings is 2. The molecule has 2 heterocycles. The number of aromatic carboxylic acids is 1. The summed E-state index contributed by atoms with van der Waals surface area (Å²) in [6.07, 6.45) is 2.32. The average Bonchev–Trinajstić information content (AvgIpc) is 2.46. The zero-order valence-corrected chi connectivity index (χ0v) is 10.2. The van der Waals surface area contributed by atoms with Gasteiger partial charge in [0.2, 0.25) is 0 Å². The molecule has 0 fully saturated rings. The van der Waals surface area contributed by atoms with Crippen molar-refractivity contribution < 1.29 is 19.1 Å². The normalized spacial score (nSPS) is 10.1. The van der Waals surface area contributed by atoms with Crippen molar-refractivity contribution in [3.05, 3.63) is 59.4 Å². The number of nitrogens with one attached hydrogen (secondary N) is 1. The zero-order chi connectivity index (χ0) is 14.5. The predicted octanol–water partition coefficient (Wildman–Crippen LogP) is 1.24. The third kappa shape index (κ3) is 3.35. The van der Waals surface area contributed by atoms with Gasteiger partial charge in [-0.05, 0) is 23.8 Å². The lowest BCUT2D eigenvalue weighted by Gasteiger charge is -2.04. The van der Waals surface area contributed by atoms with E-state index in [-0.39, 0.29) is 17.9 Å². The van der Waals surface area contributed by atoms with Crippen LogP contribution >= 0.6 is 0 Å². The minimum atomic E-state index is -1.11. The Kier molecular flexibility index (Phi) is 3.99. The highest BCUT2D eigenvalue weighted by atomic mass is 19.1. The quantitative estimate of drug-likeness (QED) is 0.875. The van der Waals surface area contributed by atoms with Crippen molar-refractivity contribution in [3.63, 3.8) is 0 Å². The molecule has 0 atom stereocenters. The van der Waals surface area contributed by atoms with Gasteiger partial charge in [0.25, 0.3) is 5.91 Å². The van der Waals surface area contributed by atoms with Crippen molar-refractivity contribution in [2.24, 2.45) is 0 Å². The molecule has 0 bridgehead atoms. The second-order valence-corrected chi connectivity index (χ2v) is 3.90. The molecule has 2 aromatic rings. The van der Waals surface area contributed by atoms with Crippen LogP contribution in [0.5, 0.6) is 0 Å². The number of amides is 1. The van der Waals surface area contributed by atoms with Crippen LogP contribution < -0.4 is 5.32 Å². The lowest BCUT2D eigenvalue weighted by molar-refractivity contribution is 0.0690. The monoisotopic (exact) mass is 275 g/mol. The molecule has 0 saturated heterocycles. The summed E-state index contributed by atoms with van der Waals surface area (Å²) in [7, 11) is 0. The molecule has 0 aromatic carbocycles. The van der Waals surface area contributed by atoms with Gasteiger partial charge in [0.1, 0.15) is 17.2 Å². The summed E-state index contributed by atoms with van der Waals surface area (Å²) < 4.78 is 12.7. The lowest BCUT2D eigenvalue weighted by atomic mass is 10.2. The number of carbonyl (C=O) groups is 2. The van der Waals surface area contributed by atoms with Crippen LogP contribution in [0.15, 0.2) is 36.7 Å². The zero-order valence-electron chi connectivity index (χ0n) is 10.2. The van der Waals surface area contributed by atoms with Crippen LogP contribution in [0.2, 0.25) is 0 Å². The molecule has 0 spiro atoms. The number of aromatic nitrogens is 2. The number of carbonyl (C=O) groups excluding carboxylic acids is 1. The predicted molar refractivity (Wildman–Crippen MR) is 66.6 cm³/mol. The molecule has 20 heavy (non-hydrogen) atoms. The molecule has 0 radical (unpaired) electrons. The van der Waals surface area contributed by atoms with Gasteiger partial charge >= 0.3 is 5.97 Å². The number of hydrogen-bond acceptors (Lipinski definition) is 4. The summed E-state index contributed by atoms with van der Waals surface area (Å²) in [6, 6.07) is 5.32. The summed E-state index contributed by atoms with van der Waals surface area (Å²) in [5, 5.41) is 11.3. The van der Waals surface area contributed by atoms with E-state index >= 15 is 0 Å². The van der Waals surface area contributed by atoms with Gasteiger partial charge < -0.3 is 10.4 Å². The number of halogens is 1. The number of hydrogen-bond donors (Lipinski definition) is 2. The Balaban J connectivity index is 1.96. The van der Waals surface area contributed by atoms with Crippen molar-refractivity contribution in [3.8, 4) is 0 Å². The van der Waals surface area contributed by atoms with E-state index in [1.807, 2.05) is 0 Å². The average molecular weight is 275 g/mol. The Labute approximate surface area is 113 Å². The van der Waals surface area contributed by atoms with Gasteiger partial charge in [-0.1, -0.05) is 6.07 Å². The first-order valence-corrected chi connectivity index (χ1v) is 5.64. The summed E-state index contributed by atoms with van der Waals surface area (Å²) in [5.74, 6) is -2.08. The molecular weight excluding hydrogens is 265 g/mol. The standard InChI is InChI=1S/C13H10FN3O3/c14-9-2-4-10(16-7-9)12(18)17-6-8-1-3-11(13(19)20)15-5-8/h1-5,7H,6H2,(H,17,18)(H,19,20). The SMILES string of the molecule is O=C(O)c1ccc(CNC(=O)c2ccc(F)cn2)cn1. The van der Waals surface area contributed by atoms with Crippen molar-refractivity contribution >= 4 is 11.9 Å². The number of carboxylic acids is 1. The van der Waals surface area contributed by atoms with E-state index in [0.29, 0.717) is 5.56 Å². The first-order chi connectivity index (χ1) is 9.56. The summed E-state index contributed by atoms with van der Waals surface area (Å²) in [4.78, 5) is 29.7. The Morgan fingerprint density at radius 1 is 1.10 bits per heavy atom. The molecule has 7 heteroatoms. The highest BCUT2D eigenvalue weighted by Gasteiger charge is 2.08. The van der Waals surface area contributed by atoms with Crippen LogP contribution in [0.3, 0.4) is 0 Å². The fraction of sp³-hybridized carbons (Fsp3) is 0.0769. The maximum Gasteiger partial charge on any atom is 0.354 e. The van der Waals surface area contributed by atoms with Crippen LogP contribution in [0.25, 0.3) is 0 Å². The van der Waals surface area contributed by atoms with Gasteiger partial charge in [0.15, 0.2) is 0 Å². The van der Waals surface area contributed by atoms with Crippen molar-refractivity contribution in [2.45, 2.75) is 6.54 Å². The molecule has 1 amide bonds. The number of carboxylic acid groups (broad SMARTS) is 1. The first kappa shape index (κ1) is 13.6. The second-order valence-electron chi connectivity index (χ2n) is 3.90. The molecular formula is C13H10FN3O3. The van der Waals surface area contributed by atoms with E-state index in [1.165, 1.54) is 18.3 Å². The van der Waals surface area contributed by atoms with Crippen molar-refractivity contribution in [1.29, 1.82) is 0 Å². The van der Waals surface area contributed by atoms with Crippen LogP contribution in [-0.4, -0.2) is 27.0 Å². The van der Waals surface area contributed by atoms with Crippen LogP contribution in [-0.2, 0) is 6.54 Å². The van der Waals surface area contributed by atoms with E-state index in [9.17, 15) is 14.0 Å². The Morgan fingerprint density at radius 3 is 2.35 bits per heavy atom. The van der Waals surface area contributed by atoms with Crippen molar-refractivity contribution in [2.75, 3.05) is 0 Å². The van der Waals surface area contributed by atoms with E-state index in [1.54, 1.807) is 6.07 Å². The topological polar surface area (TPSA) is 92.2 Å². The summed E-state index contributed by atoms with van der Waals surface area (Å²) in [6.45, 7) is 0.171. The maximum absolute atomic E-state index is 12.7. The Hall–Kier alpha value is -2.83. The van der Waals surface area contributed by atoms with Crippen molar-refractivity contribution in [1.82, 2.24) is 15.3 Å². The number of rotatable bonds is 4. The van der Waals surface area contributed by atoms with Crippen LogP contribution in [0.1, 0.15) is 26.5 Å². The molecule has 6 nitrogen and oxygen atoms in total. The highest BCUT2D eigenvalue weighted by molar-refractivity contribution is 5.92. The Morgan fingerprint density at radius 2 is 1.80 bits per heavy atom. The molecule has 0 aliphatic carbocycles. The summed E-state index contributed by atoms with van der Waals surface area (Å²) >= 11 is 0. The van der Waals surface area contributed by atoms with E-state index in [4.69, 9.17) is 5.11 Å². The number of nitrogens with zero attached hydrogens (tertiary/aromatic N) is 2. The lowest BCUT2D eigenvalue weighted by Crippen LogP contribution is -2.23. The smallest absolute Gasteiger partial charge is 0.354 e. The molecule has 2 N–H and O–H groups in total. The van der Waals surface area contributed by atoms with Crippen LogP contribution in [0.4, 0.5) is 4.39 Å². The first-order valence-electron chi connectivity index (χ1n) is 5.64. The largest absolute Gasteiger partial charge is 0.477 e. The molecule has 2 rings (SSSR count).